The largest absolute Gasteiger partial charge is 0.363 e. The molecule has 0 aliphatic carbocycles. The predicted octanol–water partition coefficient (Wildman–Crippen LogP) is 5.18. The zero-order valence-electron chi connectivity index (χ0n) is 17.5. The predicted molar refractivity (Wildman–Crippen MR) is 119 cm³/mol. The van der Waals surface area contributed by atoms with E-state index in [0.717, 1.165) is 42.3 Å². The lowest BCUT2D eigenvalue weighted by Gasteiger charge is -2.35. The minimum absolute atomic E-state index is 0.0664. The van der Waals surface area contributed by atoms with Crippen molar-refractivity contribution in [2.24, 2.45) is 7.05 Å². The van der Waals surface area contributed by atoms with Gasteiger partial charge in [-0.25, -0.2) is 0 Å². The molecule has 31 heavy (non-hydrogen) atoms. The molecular formula is C23H23N5O3. The Morgan fingerprint density at radius 3 is 2.77 bits per heavy atom. The Balaban J connectivity index is 1.49. The average Bonchev–Trinajstić information content (AvgIpc) is 3.41. The van der Waals surface area contributed by atoms with Gasteiger partial charge in [-0.15, -0.1) is 0 Å². The van der Waals surface area contributed by atoms with Crippen molar-refractivity contribution in [1.82, 2.24) is 14.7 Å². The van der Waals surface area contributed by atoms with Crippen molar-refractivity contribution in [2.45, 2.75) is 32.2 Å². The number of nitro groups is 1. The highest BCUT2D eigenvalue weighted by Crippen LogP contribution is 2.36. The topological polar surface area (TPSA) is 90.2 Å². The van der Waals surface area contributed by atoms with Gasteiger partial charge in [0.25, 0.3) is 11.6 Å². The number of aromatic nitrogens is 3. The number of benzene rings is 2. The molecule has 0 amide bonds. The van der Waals surface area contributed by atoms with Crippen molar-refractivity contribution >= 4 is 22.3 Å². The Hall–Kier alpha value is -3.68. The van der Waals surface area contributed by atoms with Gasteiger partial charge in [0.2, 0.25) is 5.82 Å². The second-order valence-electron chi connectivity index (χ2n) is 8.12. The van der Waals surface area contributed by atoms with Crippen LogP contribution in [0.5, 0.6) is 0 Å². The molecule has 0 spiro atoms. The van der Waals surface area contributed by atoms with E-state index < -0.39 is 0 Å². The highest BCUT2D eigenvalue weighted by molar-refractivity contribution is 5.84. The molecule has 8 nitrogen and oxygen atoms in total. The van der Waals surface area contributed by atoms with E-state index in [1.807, 2.05) is 48.1 Å². The zero-order chi connectivity index (χ0) is 21.5. The van der Waals surface area contributed by atoms with Crippen molar-refractivity contribution in [3.05, 3.63) is 58.8 Å². The molecule has 1 saturated heterocycles. The lowest BCUT2D eigenvalue weighted by Crippen LogP contribution is -2.37. The number of hydrogen-bond donors (Lipinski definition) is 0. The number of nitrogens with zero attached hydrogens (tertiary/aromatic N) is 5. The smallest absolute Gasteiger partial charge is 0.293 e. The van der Waals surface area contributed by atoms with Crippen molar-refractivity contribution in [3.8, 4) is 22.8 Å². The minimum Gasteiger partial charge on any atom is -0.363 e. The van der Waals surface area contributed by atoms with Crippen molar-refractivity contribution in [3.63, 3.8) is 0 Å². The Bertz CT molecular complexity index is 1280. The van der Waals surface area contributed by atoms with E-state index in [1.165, 1.54) is 6.07 Å². The Morgan fingerprint density at radius 1 is 1.13 bits per heavy atom. The molecular weight excluding hydrogens is 394 g/mol. The summed E-state index contributed by atoms with van der Waals surface area (Å²) in [6.07, 6.45) is 5.24. The molecule has 0 radical (unpaired) electrons. The van der Waals surface area contributed by atoms with Crippen molar-refractivity contribution in [1.29, 1.82) is 0 Å². The number of hydrogen-bond acceptors (Lipinski definition) is 6. The van der Waals surface area contributed by atoms with Crippen LogP contribution in [0, 0.1) is 10.1 Å². The van der Waals surface area contributed by atoms with E-state index in [-0.39, 0.29) is 22.5 Å². The van der Waals surface area contributed by atoms with Crippen LogP contribution in [0.4, 0.5) is 11.4 Å². The lowest BCUT2D eigenvalue weighted by atomic mass is 10.0. The molecule has 2 aromatic carbocycles. The molecule has 158 valence electrons. The molecule has 1 fully saturated rings. The summed E-state index contributed by atoms with van der Waals surface area (Å²) < 4.78 is 7.51. The third kappa shape index (κ3) is 3.43. The van der Waals surface area contributed by atoms with Gasteiger partial charge in [-0.05, 0) is 62.6 Å². The molecule has 0 saturated carbocycles. The summed E-state index contributed by atoms with van der Waals surface area (Å²) in [5.74, 6) is 0.724. The van der Waals surface area contributed by atoms with Crippen LogP contribution in [-0.2, 0) is 7.05 Å². The normalized spacial score (nSPS) is 16.7. The maximum Gasteiger partial charge on any atom is 0.293 e. The Kier molecular flexibility index (Phi) is 4.69. The Labute approximate surface area is 179 Å². The summed E-state index contributed by atoms with van der Waals surface area (Å²) in [7, 11) is 2.00. The molecule has 0 bridgehead atoms. The minimum atomic E-state index is -0.333. The standard InChI is InChI=1S/C23H23N5O3/c1-15-5-3-4-11-27(15)20-9-7-18(14-21(20)28(29)30)23-24-22(25-31-23)17-6-8-19-16(13-17)10-12-26(19)2/h6-10,12-15H,3-5,11H2,1-2H3. The summed E-state index contributed by atoms with van der Waals surface area (Å²) in [4.78, 5) is 18.1. The fraction of sp³-hybridized carbons (Fsp3) is 0.304. The van der Waals surface area contributed by atoms with E-state index in [1.54, 1.807) is 6.07 Å². The average molecular weight is 417 g/mol. The van der Waals surface area contributed by atoms with Gasteiger partial charge < -0.3 is 14.0 Å². The van der Waals surface area contributed by atoms with Gasteiger partial charge in [-0.1, -0.05) is 5.16 Å². The van der Waals surface area contributed by atoms with E-state index >= 15 is 0 Å². The first kappa shape index (κ1) is 19.3. The van der Waals surface area contributed by atoms with E-state index in [0.29, 0.717) is 17.1 Å². The van der Waals surface area contributed by atoms with Gasteiger partial charge in [-0.2, -0.15) is 4.98 Å². The number of rotatable bonds is 4. The number of aryl methyl sites for hydroxylation is 1. The SMILES string of the molecule is CC1CCCCN1c1ccc(-c2nc(-c3ccc4c(ccn4C)c3)no2)cc1[N+](=O)[O-]. The van der Waals surface area contributed by atoms with Gasteiger partial charge >= 0.3 is 0 Å². The second-order valence-corrected chi connectivity index (χ2v) is 8.12. The van der Waals surface area contributed by atoms with Crippen LogP contribution in [0.3, 0.4) is 0 Å². The van der Waals surface area contributed by atoms with Crippen LogP contribution >= 0.6 is 0 Å². The van der Waals surface area contributed by atoms with Crippen molar-refractivity contribution < 1.29 is 9.45 Å². The van der Waals surface area contributed by atoms with Crippen LogP contribution in [0.15, 0.2) is 53.2 Å². The molecule has 2 aromatic heterocycles. The van der Waals surface area contributed by atoms with Gasteiger partial charge in [-0.3, -0.25) is 10.1 Å². The maximum atomic E-state index is 11.8. The summed E-state index contributed by atoms with van der Waals surface area (Å²) in [6, 6.07) is 13.4. The third-order valence-corrected chi connectivity index (χ3v) is 6.10. The fourth-order valence-corrected chi connectivity index (χ4v) is 4.38. The Morgan fingerprint density at radius 2 is 1.97 bits per heavy atom. The van der Waals surface area contributed by atoms with E-state index in [4.69, 9.17) is 4.52 Å². The third-order valence-electron chi connectivity index (χ3n) is 6.10. The summed E-state index contributed by atoms with van der Waals surface area (Å²) in [5, 5.41) is 17.0. The van der Waals surface area contributed by atoms with Gasteiger partial charge in [0.05, 0.1) is 4.92 Å². The molecule has 1 unspecified atom stereocenters. The lowest BCUT2D eigenvalue weighted by molar-refractivity contribution is -0.384. The molecule has 1 atom stereocenters. The van der Waals surface area contributed by atoms with E-state index in [9.17, 15) is 10.1 Å². The first-order valence-corrected chi connectivity index (χ1v) is 10.5. The van der Waals surface area contributed by atoms with Gasteiger partial charge in [0.15, 0.2) is 0 Å². The maximum absolute atomic E-state index is 11.8. The highest BCUT2D eigenvalue weighted by atomic mass is 16.6. The quantitative estimate of drug-likeness (QED) is 0.336. The van der Waals surface area contributed by atoms with Crippen LogP contribution in [0.2, 0.25) is 0 Å². The fourth-order valence-electron chi connectivity index (χ4n) is 4.38. The molecule has 3 heterocycles. The van der Waals surface area contributed by atoms with Gasteiger partial charge in [0, 0.05) is 53.9 Å². The molecule has 8 heteroatoms. The van der Waals surface area contributed by atoms with Crippen LogP contribution < -0.4 is 4.90 Å². The second kappa shape index (κ2) is 7.54. The number of anilines is 1. The first-order chi connectivity index (χ1) is 15.0. The van der Waals surface area contributed by atoms with Crippen LogP contribution in [0.1, 0.15) is 26.2 Å². The van der Waals surface area contributed by atoms with Gasteiger partial charge in [0.1, 0.15) is 5.69 Å². The summed E-state index contributed by atoms with van der Waals surface area (Å²) in [5.41, 5.74) is 3.21. The molecule has 4 aromatic rings. The molecule has 1 aliphatic heterocycles. The number of piperidine rings is 1. The summed E-state index contributed by atoms with van der Waals surface area (Å²) >= 11 is 0. The number of fused-ring (bicyclic) bond motifs is 1. The molecule has 0 N–H and O–H groups in total. The van der Waals surface area contributed by atoms with Crippen LogP contribution in [0.25, 0.3) is 33.7 Å². The highest BCUT2D eigenvalue weighted by Gasteiger charge is 2.27. The van der Waals surface area contributed by atoms with E-state index in [2.05, 4.69) is 22.0 Å². The molecule has 5 rings (SSSR count). The first-order valence-electron chi connectivity index (χ1n) is 10.5. The summed E-state index contributed by atoms with van der Waals surface area (Å²) in [6.45, 7) is 2.94. The van der Waals surface area contributed by atoms with Crippen molar-refractivity contribution in [2.75, 3.05) is 11.4 Å². The van der Waals surface area contributed by atoms with Crippen LogP contribution in [-0.4, -0.2) is 32.2 Å². The molecule has 1 aliphatic rings. The number of nitro benzene ring substituents is 1. The monoisotopic (exact) mass is 417 g/mol. The zero-order valence-corrected chi connectivity index (χ0v) is 17.5.